The minimum atomic E-state index is -0.183. The molecule has 0 N–H and O–H groups in total. The lowest BCUT2D eigenvalue weighted by Gasteiger charge is -2.07. The van der Waals surface area contributed by atoms with Gasteiger partial charge in [0.1, 0.15) is 5.75 Å². The number of methoxy groups -OCH3 is 1. The van der Waals surface area contributed by atoms with Gasteiger partial charge in [-0.25, -0.2) is 4.68 Å². The first-order valence-electron chi connectivity index (χ1n) is 7.38. The molecule has 2 aromatic heterocycles. The fraction of sp³-hybridized carbons (Fsp3) is 0.438. The highest BCUT2D eigenvalue weighted by molar-refractivity contribution is 9.10. The van der Waals surface area contributed by atoms with E-state index in [2.05, 4.69) is 32.9 Å². The van der Waals surface area contributed by atoms with E-state index in [1.54, 1.807) is 26.4 Å². The van der Waals surface area contributed by atoms with Crippen LogP contribution in [-0.4, -0.2) is 28.5 Å². The molecule has 2 heterocycles. The van der Waals surface area contributed by atoms with Crippen molar-refractivity contribution in [3.8, 4) is 11.6 Å². The normalized spacial score (nSPS) is 22.7. The van der Waals surface area contributed by atoms with Crippen LogP contribution in [0.4, 0.5) is 0 Å². The van der Waals surface area contributed by atoms with E-state index in [0.29, 0.717) is 34.7 Å². The summed E-state index contributed by atoms with van der Waals surface area (Å²) in [6.45, 7) is 2.74. The van der Waals surface area contributed by atoms with Gasteiger partial charge >= 0.3 is 0 Å². The summed E-state index contributed by atoms with van der Waals surface area (Å²) in [5.41, 5.74) is 0.874. The molecule has 1 fully saturated rings. The molecule has 3 rings (SSSR count). The summed E-state index contributed by atoms with van der Waals surface area (Å²) >= 11 is 3.22. The Labute approximate surface area is 142 Å². The van der Waals surface area contributed by atoms with Crippen LogP contribution in [0.25, 0.3) is 0 Å². The van der Waals surface area contributed by atoms with E-state index < -0.39 is 0 Å². The molecule has 0 bridgehead atoms. The maximum absolute atomic E-state index is 11.6. The molecule has 1 saturated carbocycles. The van der Waals surface area contributed by atoms with Gasteiger partial charge in [0.2, 0.25) is 5.88 Å². The molecule has 3 atom stereocenters. The predicted molar refractivity (Wildman–Crippen MR) is 88.9 cm³/mol. The Kier molecular flexibility index (Phi) is 4.39. The molecule has 0 aromatic carbocycles. The molecule has 0 saturated heterocycles. The molecule has 23 heavy (non-hydrogen) atoms. The van der Waals surface area contributed by atoms with Crippen LogP contribution < -0.4 is 15.0 Å². The van der Waals surface area contributed by atoms with Gasteiger partial charge in [0.25, 0.3) is 5.56 Å². The summed E-state index contributed by atoms with van der Waals surface area (Å²) in [5.74, 6) is 2.49. The van der Waals surface area contributed by atoms with Crippen LogP contribution >= 0.6 is 15.9 Å². The molecule has 2 aromatic rings. The topological polar surface area (TPSA) is 66.2 Å². The molecule has 0 aliphatic heterocycles. The summed E-state index contributed by atoms with van der Waals surface area (Å²) < 4.78 is 12.6. The Morgan fingerprint density at radius 3 is 2.78 bits per heavy atom. The number of ether oxygens (including phenoxy) is 2. The molecule has 1 aliphatic rings. The molecule has 1 aliphatic carbocycles. The van der Waals surface area contributed by atoms with Crippen LogP contribution in [0, 0.1) is 11.8 Å². The van der Waals surface area contributed by atoms with E-state index in [-0.39, 0.29) is 5.56 Å². The second-order valence-corrected chi connectivity index (χ2v) is 6.60. The lowest BCUT2D eigenvalue weighted by Crippen LogP contribution is -2.21. The summed E-state index contributed by atoms with van der Waals surface area (Å²) in [6, 6.07) is 5.54. The molecule has 0 radical (unpaired) electrons. The maximum atomic E-state index is 11.6. The Morgan fingerprint density at radius 1 is 1.39 bits per heavy atom. The van der Waals surface area contributed by atoms with Crippen LogP contribution in [0.2, 0.25) is 0 Å². The third-order valence-electron chi connectivity index (χ3n) is 4.32. The van der Waals surface area contributed by atoms with Crippen molar-refractivity contribution in [2.75, 3.05) is 13.7 Å². The first-order chi connectivity index (χ1) is 11.0. The van der Waals surface area contributed by atoms with E-state index in [1.165, 1.54) is 4.68 Å². The first kappa shape index (κ1) is 16.0. The quantitative estimate of drug-likeness (QED) is 0.797. The van der Waals surface area contributed by atoms with Crippen LogP contribution in [0.3, 0.4) is 0 Å². The Bertz CT molecular complexity index is 734. The summed E-state index contributed by atoms with van der Waals surface area (Å²) in [4.78, 5) is 16.1. The van der Waals surface area contributed by atoms with Gasteiger partial charge in [-0.2, -0.15) is 0 Å². The molecule has 0 spiro atoms. The van der Waals surface area contributed by atoms with Crippen molar-refractivity contribution in [3.05, 3.63) is 44.9 Å². The highest BCUT2D eigenvalue weighted by atomic mass is 79.9. The van der Waals surface area contributed by atoms with Crippen LogP contribution in [-0.2, 0) is 7.05 Å². The average Bonchev–Trinajstić information content (AvgIpc) is 3.20. The zero-order chi connectivity index (χ0) is 16.6. The van der Waals surface area contributed by atoms with Gasteiger partial charge in [-0.05, 0) is 34.0 Å². The molecule has 0 amide bonds. The number of hydrogen-bond acceptors (Lipinski definition) is 5. The second kappa shape index (κ2) is 6.31. The van der Waals surface area contributed by atoms with Gasteiger partial charge in [0, 0.05) is 30.6 Å². The molecule has 6 nitrogen and oxygen atoms in total. The van der Waals surface area contributed by atoms with Crippen molar-refractivity contribution in [2.45, 2.75) is 12.8 Å². The number of aromatic nitrogens is 3. The van der Waals surface area contributed by atoms with Crippen molar-refractivity contribution >= 4 is 15.9 Å². The summed E-state index contributed by atoms with van der Waals surface area (Å²) in [6.07, 6.45) is 1.74. The minimum Gasteiger partial charge on any atom is -0.495 e. The smallest absolute Gasteiger partial charge is 0.281 e. The van der Waals surface area contributed by atoms with Gasteiger partial charge in [-0.15, -0.1) is 5.10 Å². The standard InChI is InChI=1S/C16H18BrN3O3/c1-9-11(15(9)13-5-4-10(22-3)7-18-13)8-23-14-6-12(17)16(21)20(2)19-14/h4-7,9,11,15H,8H2,1-3H3. The number of pyridine rings is 1. The van der Waals surface area contributed by atoms with E-state index in [4.69, 9.17) is 9.47 Å². The molecular weight excluding hydrogens is 362 g/mol. The molecule has 3 unspecified atom stereocenters. The van der Waals surface area contributed by atoms with Crippen molar-refractivity contribution < 1.29 is 9.47 Å². The SMILES string of the molecule is COc1ccc(C2C(C)C2COc2cc(Br)c(=O)n(C)n2)nc1. The van der Waals surface area contributed by atoms with E-state index in [9.17, 15) is 4.79 Å². The highest BCUT2D eigenvalue weighted by Crippen LogP contribution is 2.53. The fourth-order valence-electron chi connectivity index (χ4n) is 2.80. The average molecular weight is 380 g/mol. The largest absolute Gasteiger partial charge is 0.495 e. The summed E-state index contributed by atoms with van der Waals surface area (Å²) in [5, 5.41) is 4.10. The third kappa shape index (κ3) is 3.24. The monoisotopic (exact) mass is 379 g/mol. The van der Waals surface area contributed by atoms with Gasteiger partial charge in [-0.1, -0.05) is 6.92 Å². The number of nitrogens with zero attached hydrogens (tertiary/aromatic N) is 3. The van der Waals surface area contributed by atoms with Gasteiger partial charge < -0.3 is 9.47 Å². The second-order valence-electron chi connectivity index (χ2n) is 5.74. The van der Waals surface area contributed by atoms with Crippen molar-refractivity contribution in [3.63, 3.8) is 0 Å². The minimum absolute atomic E-state index is 0.183. The van der Waals surface area contributed by atoms with E-state index in [1.807, 2.05) is 12.1 Å². The van der Waals surface area contributed by atoms with E-state index >= 15 is 0 Å². The molecule has 122 valence electrons. The lowest BCUT2D eigenvalue weighted by atomic mass is 10.2. The van der Waals surface area contributed by atoms with Crippen LogP contribution in [0.1, 0.15) is 18.5 Å². The number of hydrogen-bond donors (Lipinski definition) is 0. The molecular formula is C16H18BrN3O3. The van der Waals surface area contributed by atoms with Crippen LogP contribution in [0.15, 0.2) is 33.7 Å². The lowest BCUT2D eigenvalue weighted by molar-refractivity contribution is 0.272. The first-order valence-corrected chi connectivity index (χ1v) is 8.17. The number of halogens is 1. The van der Waals surface area contributed by atoms with Gasteiger partial charge in [0.15, 0.2) is 0 Å². The maximum Gasteiger partial charge on any atom is 0.281 e. The van der Waals surface area contributed by atoms with Crippen molar-refractivity contribution in [1.82, 2.24) is 14.8 Å². The Morgan fingerprint density at radius 2 is 2.17 bits per heavy atom. The highest BCUT2D eigenvalue weighted by Gasteiger charge is 2.49. The Balaban J connectivity index is 1.64. The predicted octanol–water partition coefficient (Wildman–Crippen LogP) is 2.37. The van der Waals surface area contributed by atoms with Crippen molar-refractivity contribution in [1.29, 1.82) is 0 Å². The zero-order valence-corrected chi connectivity index (χ0v) is 14.8. The fourth-order valence-corrected chi connectivity index (χ4v) is 3.25. The number of aryl methyl sites for hydroxylation is 1. The van der Waals surface area contributed by atoms with E-state index in [0.717, 1.165) is 11.4 Å². The third-order valence-corrected chi connectivity index (χ3v) is 4.89. The van der Waals surface area contributed by atoms with Crippen molar-refractivity contribution in [2.24, 2.45) is 18.9 Å². The van der Waals surface area contributed by atoms with Gasteiger partial charge in [0.05, 0.1) is 24.4 Å². The number of rotatable bonds is 5. The molecule has 7 heteroatoms. The summed E-state index contributed by atoms with van der Waals surface area (Å²) in [7, 11) is 3.23. The Hall–Kier alpha value is -1.89. The van der Waals surface area contributed by atoms with Crippen LogP contribution in [0.5, 0.6) is 11.6 Å². The zero-order valence-electron chi connectivity index (χ0n) is 13.2. The van der Waals surface area contributed by atoms with Gasteiger partial charge in [-0.3, -0.25) is 9.78 Å².